The molecule has 0 radical (unpaired) electrons. The number of hydrogen-bond donors (Lipinski definition) is 1. The first-order valence-electron chi connectivity index (χ1n) is 7.47. The number of allylic oxidation sites excluding steroid dienone is 2. The molecule has 0 aliphatic rings. The van der Waals surface area contributed by atoms with Crippen LogP contribution in [0.1, 0.15) is 79.1 Å². The Morgan fingerprint density at radius 2 is 1.47 bits per heavy atom. The molecule has 17 heavy (non-hydrogen) atoms. The summed E-state index contributed by atoms with van der Waals surface area (Å²) in [5, 5.41) is 0. The second kappa shape index (κ2) is 10.7. The predicted molar refractivity (Wildman–Crippen MR) is 78.9 cm³/mol. The summed E-state index contributed by atoms with van der Waals surface area (Å²) in [6.45, 7) is 9.13. The Kier molecular flexibility index (Phi) is 10.4. The van der Waals surface area contributed by atoms with E-state index >= 15 is 0 Å². The van der Waals surface area contributed by atoms with Gasteiger partial charge < -0.3 is 5.73 Å². The van der Waals surface area contributed by atoms with Gasteiger partial charge in [-0.1, -0.05) is 59.5 Å². The van der Waals surface area contributed by atoms with E-state index in [0.717, 1.165) is 30.4 Å². The molecular formula is C16H33N. The van der Waals surface area contributed by atoms with Crippen LogP contribution in [0, 0.1) is 11.8 Å². The Bertz CT molecular complexity index is 192. The minimum Gasteiger partial charge on any atom is -0.402 e. The molecule has 0 bridgehead atoms. The Labute approximate surface area is 109 Å². The second-order valence-corrected chi connectivity index (χ2v) is 6.10. The molecule has 0 aromatic carbocycles. The average molecular weight is 239 g/mol. The highest BCUT2D eigenvalue weighted by atomic mass is 14.6. The maximum absolute atomic E-state index is 5.98. The lowest BCUT2D eigenvalue weighted by Gasteiger charge is -2.05. The summed E-state index contributed by atoms with van der Waals surface area (Å²) in [7, 11) is 0. The fraction of sp³-hybridized carbons (Fsp3) is 0.875. The summed E-state index contributed by atoms with van der Waals surface area (Å²) in [5.41, 5.74) is 7.09. The molecule has 0 spiro atoms. The van der Waals surface area contributed by atoms with Gasteiger partial charge in [0.15, 0.2) is 0 Å². The molecule has 0 heterocycles. The van der Waals surface area contributed by atoms with E-state index in [-0.39, 0.29) is 0 Å². The van der Waals surface area contributed by atoms with Crippen LogP contribution in [-0.2, 0) is 0 Å². The van der Waals surface area contributed by atoms with Crippen LogP contribution in [0.3, 0.4) is 0 Å². The lowest BCUT2D eigenvalue weighted by molar-refractivity contribution is 0.519. The zero-order valence-corrected chi connectivity index (χ0v) is 12.5. The second-order valence-electron chi connectivity index (χ2n) is 6.10. The van der Waals surface area contributed by atoms with Gasteiger partial charge in [-0.3, -0.25) is 0 Å². The molecule has 0 atom stereocenters. The van der Waals surface area contributed by atoms with Crippen molar-refractivity contribution in [3.63, 3.8) is 0 Å². The normalized spacial score (nSPS) is 12.7. The number of rotatable bonds is 10. The molecule has 0 fully saturated rings. The molecule has 102 valence electrons. The largest absolute Gasteiger partial charge is 0.402 e. The summed E-state index contributed by atoms with van der Waals surface area (Å²) >= 11 is 0. The molecule has 0 saturated heterocycles. The van der Waals surface area contributed by atoms with E-state index in [1.54, 1.807) is 0 Å². The summed E-state index contributed by atoms with van der Waals surface area (Å²) in [6, 6.07) is 0. The first-order chi connectivity index (χ1) is 8.02. The van der Waals surface area contributed by atoms with Crippen LogP contribution in [0.4, 0.5) is 0 Å². The Hall–Kier alpha value is -0.460. The van der Waals surface area contributed by atoms with Gasteiger partial charge in [0.1, 0.15) is 0 Å². The topological polar surface area (TPSA) is 26.0 Å². The first-order valence-corrected chi connectivity index (χ1v) is 7.47. The number of unbranched alkanes of at least 4 members (excludes halogenated alkanes) is 3. The Balaban J connectivity index is 3.35. The molecule has 0 aliphatic heterocycles. The first kappa shape index (κ1) is 16.5. The highest BCUT2D eigenvalue weighted by Crippen LogP contribution is 2.12. The van der Waals surface area contributed by atoms with E-state index in [4.69, 9.17) is 5.73 Å². The van der Waals surface area contributed by atoms with E-state index in [9.17, 15) is 0 Å². The quantitative estimate of drug-likeness (QED) is 0.517. The van der Waals surface area contributed by atoms with Crippen LogP contribution >= 0.6 is 0 Å². The summed E-state index contributed by atoms with van der Waals surface area (Å²) in [6.07, 6.45) is 12.5. The summed E-state index contributed by atoms with van der Waals surface area (Å²) in [5.74, 6) is 1.64. The maximum Gasteiger partial charge on any atom is 0.00399 e. The monoisotopic (exact) mass is 239 g/mol. The molecule has 0 aromatic rings. The van der Waals surface area contributed by atoms with Crippen molar-refractivity contribution in [3.05, 3.63) is 11.8 Å². The van der Waals surface area contributed by atoms with Crippen molar-refractivity contribution in [2.24, 2.45) is 17.6 Å². The molecule has 1 nitrogen and oxygen atoms in total. The van der Waals surface area contributed by atoms with E-state index < -0.39 is 0 Å². The standard InChI is InChI=1S/C16H33N/c1-14(2)10-7-5-6-8-12-16(17)13-9-11-15(3)4/h13-15H,5-12,17H2,1-4H3/b16-13-. The number of nitrogens with two attached hydrogens (primary N) is 1. The van der Waals surface area contributed by atoms with Crippen LogP contribution in [-0.4, -0.2) is 0 Å². The van der Waals surface area contributed by atoms with Gasteiger partial charge in [-0.25, -0.2) is 0 Å². The molecule has 0 unspecified atom stereocenters. The van der Waals surface area contributed by atoms with Gasteiger partial charge in [-0.05, 0) is 37.5 Å². The Morgan fingerprint density at radius 3 is 2.06 bits per heavy atom. The summed E-state index contributed by atoms with van der Waals surface area (Å²) in [4.78, 5) is 0. The van der Waals surface area contributed by atoms with Gasteiger partial charge >= 0.3 is 0 Å². The van der Waals surface area contributed by atoms with Crippen LogP contribution in [0.5, 0.6) is 0 Å². The highest BCUT2D eigenvalue weighted by molar-refractivity contribution is 4.95. The van der Waals surface area contributed by atoms with Gasteiger partial charge in [0.05, 0.1) is 0 Å². The SMILES string of the molecule is CC(C)CC/C=C(\N)CCCCCCC(C)C. The highest BCUT2D eigenvalue weighted by Gasteiger charge is 1.96. The van der Waals surface area contributed by atoms with Crippen molar-refractivity contribution in [3.8, 4) is 0 Å². The van der Waals surface area contributed by atoms with E-state index in [1.807, 2.05) is 0 Å². The maximum atomic E-state index is 5.98. The third-order valence-corrected chi connectivity index (χ3v) is 3.15. The van der Waals surface area contributed by atoms with E-state index in [0.29, 0.717) is 0 Å². The minimum absolute atomic E-state index is 0.787. The molecule has 2 N–H and O–H groups in total. The van der Waals surface area contributed by atoms with Crippen molar-refractivity contribution in [1.82, 2.24) is 0 Å². The molecule has 0 saturated carbocycles. The molecule has 0 rings (SSSR count). The minimum atomic E-state index is 0.787. The molecule has 0 amide bonds. The summed E-state index contributed by atoms with van der Waals surface area (Å²) < 4.78 is 0. The van der Waals surface area contributed by atoms with Crippen molar-refractivity contribution < 1.29 is 0 Å². The zero-order chi connectivity index (χ0) is 13.1. The lowest BCUT2D eigenvalue weighted by atomic mass is 10.0. The van der Waals surface area contributed by atoms with Gasteiger partial charge in [0.2, 0.25) is 0 Å². The average Bonchev–Trinajstić information content (AvgIpc) is 2.22. The Morgan fingerprint density at radius 1 is 0.882 bits per heavy atom. The van der Waals surface area contributed by atoms with E-state index in [1.165, 1.54) is 38.5 Å². The van der Waals surface area contributed by atoms with Crippen LogP contribution in [0.15, 0.2) is 11.8 Å². The van der Waals surface area contributed by atoms with E-state index in [2.05, 4.69) is 33.8 Å². The van der Waals surface area contributed by atoms with Crippen molar-refractivity contribution in [2.75, 3.05) is 0 Å². The van der Waals surface area contributed by atoms with Crippen molar-refractivity contribution >= 4 is 0 Å². The van der Waals surface area contributed by atoms with Gasteiger partial charge in [-0.15, -0.1) is 0 Å². The van der Waals surface area contributed by atoms with Gasteiger partial charge in [0, 0.05) is 5.70 Å². The fourth-order valence-corrected chi connectivity index (χ4v) is 1.94. The lowest BCUT2D eigenvalue weighted by Crippen LogP contribution is -1.98. The molecular weight excluding hydrogens is 206 g/mol. The zero-order valence-electron chi connectivity index (χ0n) is 12.5. The van der Waals surface area contributed by atoms with Gasteiger partial charge in [-0.2, -0.15) is 0 Å². The molecule has 0 aliphatic carbocycles. The third kappa shape index (κ3) is 13.5. The van der Waals surface area contributed by atoms with Crippen LogP contribution in [0.25, 0.3) is 0 Å². The van der Waals surface area contributed by atoms with Crippen molar-refractivity contribution in [1.29, 1.82) is 0 Å². The van der Waals surface area contributed by atoms with Crippen LogP contribution in [0.2, 0.25) is 0 Å². The van der Waals surface area contributed by atoms with Gasteiger partial charge in [0.25, 0.3) is 0 Å². The van der Waals surface area contributed by atoms with Crippen molar-refractivity contribution in [2.45, 2.75) is 79.1 Å². The fourth-order valence-electron chi connectivity index (χ4n) is 1.94. The predicted octanol–water partition coefficient (Wildman–Crippen LogP) is 5.26. The molecule has 1 heteroatoms. The number of hydrogen-bond acceptors (Lipinski definition) is 1. The smallest absolute Gasteiger partial charge is 0.00399 e. The third-order valence-electron chi connectivity index (χ3n) is 3.15. The molecule has 0 aromatic heterocycles. The van der Waals surface area contributed by atoms with Crippen LogP contribution < -0.4 is 5.73 Å².